The molecule has 0 fully saturated rings. The predicted molar refractivity (Wildman–Crippen MR) is 73.7 cm³/mol. The van der Waals surface area contributed by atoms with Crippen LogP contribution < -0.4 is 5.32 Å². The lowest BCUT2D eigenvalue weighted by atomic mass is 10.0. The molecular formula is C14H16ClN3. The fourth-order valence-corrected chi connectivity index (χ4v) is 2.00. The molecule has 94 valence electrons. The molecule has 2 aromatic rings. The Bertz CT molecular complexity index is 511. The minimum atomic E-state index is 0.0552. The number of halogens is 1. The second-order valence-electron chi connectivity index (χ2n) is 4.19. The maximum atomic E-state index is 5.87. The van der Waals surface area contributed by atoms with Crippen LogP contribution in [0.1, 0.15) is 29.8 Å². The van der Waals surface area contributed by atoms with E-state index in [1.165, 1.54) is 0 Å². The Labute approximate surface area is 112 Å². The van der Waals surface area contributed by atoms with Crippen molar-refractivity contribution in [1.82, 2.24) is 15.3 Å². The molecule has 1 N–H and O–H groups in total. The van der Waals surface area contributed by atoms with Gasteiger partial charge in [-0.05, 0) is 36.7 Å². The third kappa shape index (κ3) is 3.06. The van der Waals surface area contributed by atoms with Crippen molar-refractivity contribution in [3.8, 4) is 0 Å². The van der Waals surface area contributed by atoms with Crippen molar-refractivity contribution in [3.63, 3.8) is 0 Å². The molecule has 2 aromatic heterocycles. The van der Waals surface area contributed by atoms with E-state index in [0.717, 1.165) is 23.4 Å². The van der Waals surface area contributed by atoms with Gasteiger partial charge in [-0.15, -0.1) is 0 Å². The van der Waals surface area contributed by atoms with E-state index in [0.29, 0.717) is 5.02 Å². The van der Waals surface area contributed by atoms with Crippen LogP contribution in [0.4, 0.5) is 0 Å². The smallest absolute Gasteiger partial charge is 0.0766 e. The van der Waals surface area contributed by atoms with E-state index in [1.807, 2.05) is 31.5 Å². The maximum Gasteiger partial charge on any atom is 0.0766 e. The van der Waals surface area contributed by atoms with Crippen molar-refractivity contribution in [2.24, 2.45) is 0 Å². The fraction of sp³-hybridized carbons (Fsp3) is 0.286. The molecule has 0 bridgehead atoms. The zero-order chi connectivity index (χ0) is 13.0. The molecule has 18 heavy (non-hydrogen) atoms. The van der Waals surface area contributed by atoms with Gasteiger partial charge < -0.3 is 5.32 Å². The van der Waals surface area contributed by atoms with Gasteiger partial charge in [-0.3, -0.25) is 9.97 Å². The minimum absolute atomic E-state index is 0.0552. The van der Waals surface area contributed by atoms with E-state index < -0.39 is 0 Å². The summed E-state index contributed by atoms with van der Waals surface area (Å²) in [6.07, 6.45) is 5.39. The summed E-state index contributed by atoms with van der Waals surface area (Å²) in [6, 6.07) is 5.98. The van der Waals surface area contributed by atoms with Crippen LogP contribution in [0.2, 0.25) is 5.02 Å². The summed E-state index contributed by atoms with van der Waals surface area (Å²) in [7, 11) is 0. The third-order valence-corrected chi connectivity index (χ3v) is 2.91. The van der Waals surface area contributed by atoms with Crippen LogP contribution in [0.25, 0.3) is 0 Å². The first-order chi connectivity index (χ1) is 8.70. The van der Waals surface area contributed by atoms with Gasteiger partial charge in [-0.2, -0.15) is 0 Å². The Morgan fingerprint density at radius 1 is 1.28 bits per heavy atom. The lowest BCUT2D eigenvalue weighted by Crippen LogP contribution is -2.23. The Kier molecular flexibility index (Phi) is 4.28. The van der Waals surface area contributed by atoms with Gasteiger partial charge in [0.1, 0.15) is 0 Å². The Hall–Kier alpha value is -1.45. The van der Waals surface area contributed by atoms with Gasteiger partial charge in [0.25, 0.3) is 0 Å². The van der Waals surface area contributed by atoms with Gasteiger partial charge >= 0.3 is 0 Å². The summed E-state index contributed by atoms with van der Waals surface area (Å²) in [5, 5.41) is 4.07. The Morgan fingerprint density at radius 2 is 2.11 bits per heavy atom. The first kappa shape index (κ1) is 13.0. The number of aryl methyl sites for hydroxylation is 1. The van der Waals surface area contributed by atoms with Gasteiger partial charge in [0.05, 0.1) is 16.8 Å². The molecule has 0 aliphatic carbocycles. The molecule has 0 aromatic carbocycles. The Morgan fingerprint density at radius 3 is 2.72 bits per heavy atom. The van der Waals surface area contributed by atoms with Gasteiger partial charge in [-0.25, -0.2) is 0 Å². The molecule has 0 radical (unpaired) electrons. The molecule has 0 saturated heterocycles. The molecule has 3 nitrogen and oxygen atoms in total. The Balaban J connectivity index is 2.36. The van der Waals surface area contributed by atoms with Crippen molar-refractivity contribution < 1.29 is 0 Å². The highest BCUT2D eigenvalue weighted by Gasteiger charge is 2.14. The summed E-state index contributed by atoms with van der Waals surface area (Å²) >= 11 is 5.87. The monoisotopic (exact) mass is 261 g/mol. The molecule has 0 saturated carbocycles. The number of aromatic nitrogens is 2. The standard InChI is InChI=1S/C14H16ClN3/c1-3-17-14(11-6-10(2)7-16-8-11)13-5-4-12(15)9-18-13/h4-9,14,17H,3H2,1-2H3. The molecule has 2 heterocycles. The first-order valence-electron chi connectivity index (χ1n) is 5.97. The number of hydrogen-bond acceptors (Lipinski definition) is 3. The van der Waals surface area contributed by atoms with Crippen molar-refractivity contribution >= 4 is 11.6 Å². The van der Waals surface area contributed by atoms with Gasteiger partial charge in [0.2, 0.25) is 0 Å². The number of pyridine rings is 2. The normalized spacial score (nSPS) is 12.4. The van der Waals surface area contributed by atoms with Crippen LogP contribution in [0.5, 0.6) is 0 Å². The average Bonchev–Trinajstić information content (AvgIpc) is 2.37. The number of nitrogens with one attached hydrogen (secondary N) is 1. The van der Waals surface area contributed by atoms with Crippen LogP contribution in [-0.4, -0.2) is 16.5 Å². The minimum Gasteiger partial charge on any atom is -0.305 e. The van der Waals surface area contributed by atoms with E-state index in [4.69, 9.17) is 11.6 Å². The van der Waals surface area contributed by atoms with Crippen LogP contribution in [0.3, 0.4) is 0 Å². The van der Waals surface area contributed by atoms with Crippen molar-refractivity contribution in [2.75, 3.05) is 6.54 Å². The summed E-state index contributed by atoms with van der Waals surface area (Å²) in [4.78, 5) is 8.62. The fourth-order valence-electron chi connectivity index (χ4n) is 1.89. The SMILES string of the molecule is CCNC(c1cncc(C)c1)c1ccc(Cl)cn1. The predicted octanol–water partition coefficient (Wildman–Crippen LogP) is 3.14. The van der Waals surface area contributed by atoms with E-state index in [2.05, 4.69) is 28.3 Å². The molecule has 0 aliphatic heterocycles. The number of nitrogens with zero attached hydrogens (tertiary/aromatic N) is 2. The number of rotatable bonds is 4. The summed E-state index contributed by atoms with van der Waals surface area (Å²) in [6.45, 7) is 4.98. The van der Waals surface area contributed by atoms with Gasteiger partial charge in [0, 0.05) is 18.6 Å². The highest BCUT2D eigenvalue weighted by Crippen LogP contribution is 2.21. The topological polar surface area (TPSA) is 37.8 Å². The second kappa shape index (κ2) is 5.94. The van der Waals surface area contributed by atoms with Gasteiger partial charge in [-0.1, -0.05) is 24.6 Å². The number of hydrogen-bond donors (Lipinski definition) is 1. The van der Waals surface area contributed by atoms with Crippen LogP contribution in [-0.2, 0) is 0 Å². The van der Waals surface area contributed by atoms with Crippen molar-refractivity contribution in [1.29, 1.82) is 0 Å². The first-order valence-corrected chi connectivity index (χ1v) is 6.35. The van der Waals surface area contributed by atoms with Gasteiger partial charge in [0.15, 0.2) is 0 Å². The average molecular weight is 262 g/mol. The molecule has 2 rings (SSSR count). The molecule has 0 aliphatic rings. The molecular weight excluding hydrogens is 246 g/mol. The lowest BCUT2D eigenvalue weighted by Gasteiger charge is -2.17. The summed E-state index contributed by atoms with van der Waals surface area (Å²) < 4.78 is 0. The molecule has 1 unspecified atom stereocenters. The molecule has 1 atom stereocenters. The molecule has 4 heteroatoms. The zero-order valence-electron chi connectivity index (χ0n) is 10.5. The maximum absolute atomic E-state index is 5.87. The van der Waals surface area contributed by atoms with E-state index in [9.17, 15) is 0 Å². The zero-order valence-corrected chi connectivity index (χ0v) is 11.3. The van der Waals surface area contributed by atoms with E-state index in [-0.39, 0.29) is 6.04 Å². The van der Waals surface area contributed by atoms with Crippen LogP contribution in [0, 0.1) is 6.92 Å². The molecule has 0 spiro atoms. The highest BCUT2D eigenvalue weighted by molar-refractivity contribution is 6.30. The van der Waals surface area contributed by atoms with E-state index >= 15 is 0 Å². The highest BCUT2D eigenvalue weighted by atomic mass is 35.5. The van der Waals surface area contributed by atoms with Crippen molar-refractivity contribution in [3.05, 3.63) is 58.6 Å². The van der Waals surface area contributed by atoms with Crippen LogP contribution >= 0.6 is 11.6 Å². The van der Waals surface area contributed by atoms with E-state index in [1.54, 1.807) is 6.20 Å². The van der Waals surface area contributed by atoms with Crippen molar-refractivity contribution in [2.45, 2.75) is 19.9 Å². The lowest BCUT2D eigenvalue weighted by molar-refractivity contribution is 0.613. The quantitative estimate of drug-likeness (QED) is 0.919. The van der Waals surface area contributed by atoms with Crippen LogP contribution in [0.15, 0.2) is 36.8 Å². The summed E-state index contributed by atoms with van der Waals surface area (Å²) in [5.41, 5.74) is 3.21. The second-order valence-corrected chi connectivity index (χ2v) is 4.62. The summed E-state index contributed by atoms with van der Waals surface area (Å²) in [5.74, 6) is 0. The largest absolute Gasteiger partial charge is 0.305 e. The third-order valence-electron chi connectivity index (χ3n) is 2.68. The molecule has 0 amide bonds.